The Labute approximate surface area is 161 Å². The molecule has 126 valence electrons. The van der Waals surface area contributed by atoms with Crippen LogP contribution < -0.4 is 5.32 Å². The van der Waals surface area contributed by atoms with E-state index in [4.69, 9.17) is 0 Å². The van der Waals surface area contributed by atoms with E-state index in [1.54, 1.807) is 11.3 Å². The summed E-state index contributed by atoms with van der Waals surface area (Å²) in [5, 5.41) is 5.56. The van der Waals surface area contributed by atoms with Crippen molar-refractivity contribution in [1.29, 1.82) is 0 Å². The molecule has 0 aliphatic heterocycles. The Bertz CT molecular complexity index is 882. The van der Waals surface area contributed by atoms with E-state index in [1.807, 2.05) is 18.2 Å². The topological polar surface area (TPSA) is 54.9 Å². The third-order valence-corrected chi connectivity index (χ3v) is 6.62. The molecule has 0 aliphatic rings. The molecule has 2 heterocycles. The monoisotopic (exact) mass is 441 g/mol. The molecule has 0 fully saturated rings. The predicted molar refractivity (Wildman–Crippen MR) is 107 cm³/mol. The largest absolute Gasteiger partial charge is 0.301 e. The van der Waals surface area contributed by atoms with E-state index < -0.39 is 0 Å². The Balaban J connectivity index is 1.59. The number of amides is 1. The van der Waals surface area contributed by atoms with Crippen LogP contribution in [0.2, 0.25) is 0 Å². The van der Waals surface area contributed by atoms with Crippen molar-refractivity contribution in [3.8, 4) is 0 Å². The molecule has 2 aromatic heterocycles. The Morgan fingerprint density at radius 2 is 2.12 bits per heavy atom. The lowest BCUT2D eigenvalue weighted by atomic mass is 9.93. The van der Waals surface area contributed by atoms with Crippen LogP contribution in [0.3, 0.4) is 0 Å². The third kappa shape index (κ3) is 4.36. The van der Waals surface area contributed by atoms with Gasteiger partial charge in [0.05, 0.1) is 21.7 Å². The predicted octanol–water partition coefficient (Wildman–Crippen LogP) is 5.54. The first kappa shape index (κ1) is 17.8. The molecule has 1 aromatic carbocycles. The van der Waals surface area contributed by atoms with Crippen molar-refractivity contribution in [2.45, 2.75) is 30.5 Å². The van der Waals surface area contributed by atoms with Crippen LogP contribution in [0.5, 0.6) is 0 Å². The number of aromatic nitrogens is 2. The van der Waals surface area contributed by atoms with Crippen molar-refractivity contribution in [2.75, 3.05) is 11.1 Å². The van der Waals surface area contributed by atoms with Gasteiger partial charge in [-0.25, -0.2) is 9.97 Å². The lowest BCUT2D eigenvalue weighted by molar-refractivity contribution is -0.113. The molecular weight excluding hydrogens is 426 g/mol. The fraction of sp³-hybridized carbons (Fsp3) is 0.312. The number of thiazole rings is 2. The number of anilines is 1. The van der Waals surface area contributed by atoms with Crippen LogP contribution in [0.25, 0.3) is 10.2 Å². The molecule has 0 bridgehead atoms. The zero-order valence-corrected chi connectivity index (χ0v) is 17.5. The highest BCUT2D eigenvalue weighted by Gasteiger charge is 2.18. The summed E-state index contributed by atoms with van der Waals surface area (Å²) in [6.45, 7) is 6.40. The van der Waals surface area contributed by atoms with E-state index >= 15 is 0 Å². The number of carbonyl (C=O) groups is 1. The minimum Gasteiger partial charge on any atom is -0.301 e. The summed E-state index contributed by atoms with van der Waals surface area (Å²) < 4.78 is 2.97. The van der Waals surface area contributed by atoms with Crippen molar-refractivity contribution >= 4 is 71.6 Å². The molecule has 3 aromatic rings. The van der Waals surface area contributed by atoms with Gasteiger partial charge in [-0.3, -0.25) is 4.79 Å². The number of carbonyl (C=O) groups excluding carboxylic acids is 1. The van der Waals surface area contributed by atoms with E-state index in [0.717, 1.165) is 24.7 Å². The van der Waals surface area contributed by atoms with Crippen molar-refractivity contribution in [3.05, 3.63) is 33.7 Å². The minimum atomic E-state index is -0.0642. The van der Waals surface area contributed by atoms with Gasteiger partial charge in [0.2, 0.25) is 5.91 Å². The number of rotatable bonds is 4. The quantitative estimate of drug-likeness (QED) is 0.539. The minimum absolute atomic E-state index is 0.0346. The number of nitrogens with one attached hydrogen (secondary N) is 1. The van der Waals surface area contributed by atoms with Gasteiger partial charge in [-0.05, 0) is 18.2 Å². The maximum Gasteiger partial charge on any atom is 0.236 e. The molecule has 0 unspecified atom stereocenters. The second kappa shape index (κ2) is 7.11. The Kier molecular flexibility index (Phi) is 5.29. The molecule has 24 heavy (non-hydrogen) atoms. The first-order valence-corrected chi connectivity index (χ1v) is 10.7. The van der Waals surface area contributed by atoms with Crippen LogP contribution in [0, 0.1) is 0 Å². The van der Waals surface area contributed by atoms with E-state index in [9.17, 15) is 4.79 Å². The fourth-order valence-electron chi connectivity index (χ4n) is 1.90. The second-order valence-electron chi connectivity index (χ2n) is 6.22. The summed E-state index contributed by atoms with van der Waals surface area (Å²) in [5.41, 5.74) is 1.99. The average Bonchev–Trinajstić information content (AvgIpc) is 3.10. The van der Waals surface area contributed by atoms with E-state index in [0.29, 0.717) is 10.9 Å². The van der Waals surface area contributed by atoms with E-state index in [2.05, 4.69) is 57.4 Å². The lowest BCUT2D eigenvalue weighted by Crippen LogP contribution is -2.14. The van der Waals surface area contributed by atoms with Crippen molar-refractivity contribution in [1.82, 2.24) is 9.97 Å². The standard InChI is InChI=1S/C16H16BrN3OS3/c1-16(2,3)12-7-22-15(19-12)23-8-13(21)20-14-18-10-5-4-9(17)6-11(10)24-14/h4-7H,8H2,1-3H3,(H,18,20,21). The van der Waals surface area contributed by atoms with Gasteiger partial charge in [0.1, 0.15) is 0 Å². The SMILES string of the molecule is CC(C)(C)c1csc(SCC(=O)Nc2nc3ccc(Br)cc3s2)n1. The van der Waals surface area contributed by atoms with Crippen LogP contribution >= 0.6 is 50.4 Å². The number of fused-ring (bicyclic) bond motifs is 1. The molecule has 4 nitrogen and oxygen atoms in total. The first-order chi connectivity index (χ1) is 11.3. The zero-order chi connectivity index (χ0) is 17.3. The van der Waals surface area contributed by atoms with Crippen LogP contribution in [0.4, 0.5) is 5.13 Å². The van der Waals surface area contributed by atoms with Crippen molar-refractivity contribution in [2.24, 2.45) is 0 Å². The van der Waals surface area contributed by atoms with Gasteiger partial charge >= 0.3 is 0 Å². The lowest BCUT2D eigenvalue weighted by Gasteiger charge is -2.14. The van der Waals surface area contributed by atoms with E-state index in [1.165, 1.54) is 23.1 Å². The summed E-state index contributed by atoms with van der Waals surface area (Å²) in [7, 11) is 0. The molecule has 8 heteroatoms. The first-order valence-electron chi connectivity index (χ1n) is 7.26. The van der Waals surface area contributed by atoms with Gasteiger partial charge in [-0.15, -0.1) is 11.3 Å². The highest BCUT2D eigenvalue weighted by Crippen LogP contribution is 2.30. The molecule has 0 atom stereocenters. The molecule has 1 N–H and O–H groups in total. The number of thioether (sulfide) groups is 1. The van der Waals surface area contributed by atoms with Gasteiger partial charge < -0.3 is 5.32 Å². The normalized spacial score (nSPS) is 11.8. The molecule has 0 saturated carbocycles. The molecular formula is C16H16BrN3OS3. The number of halogens is 1. The smallest absolute Gasteiger partial charge is 0.236 e. The van der Waals surface area contributed by atoms with E-state index in [-0.39, 0.29) is 11.3 Å². The molecule has 0 spiro atoms. The molecule has 1 amide bonds. The maximum atomic E-state index is 12.1. The summed E-state index contributed by atoms with van der Waals surface area (Å²) in [6.07, 6.45) is 0. The van der Waals surface area contributed by atoms with Gasteiger partial charge in [-0.1, -0.05) is 59.8 Å². The summed E-state index contributed by atoms with van der Waals surface area (Å²) in [5.74, 6) is 0.266. The molecule has 0 aliphatic carbocycles. The van der Waals surface area contributed by atoms with Gasteiger partial charge in [0.15, 0.2) is 9.47 Å². The molecule has 0 radical (unpaired) electrons. The van der Waals surface area contributed by atoms with Crippen LogP contribution in [0.15, 0.2) is 32.4 Å². The summed E-state index contributed by atoms with van der Waals surface area (Å²) in [6, 6.07) is 5.88. The molecule has 0 saturated heterocycles. The number of nitrogens with zero attached hydrogens (tertiary/aromatic N) is 2. The van der Waals surface area contributed by atoms with Crippen molar-refractivity contribution in [3.63, 3.8) is 0 Å². The summed E-state index contributed by atoms with van der Waals surface area (Å²) in [4.78, 5) is 21.2. The van der Waals surface area contributed by atoms with Gasteiger partial charge in [0.25, 0.3) is 0 Å². The average molecular weight is 442 g/mol. The maximum absolute atomic E-state index is 12.1. The second-order valence-corrected chi connectivity index (χ2v) is 10.2. The zero-order valence-electron chi connectivity index (χ0n) is 13.4. The third-order valence-electron chi connectivity index (χ3n) is 3.18. The Hall–Kier alpha value is -0.960. The van der Waals surface area contributed by atoms with Crippen LogP contribution in [0.1, 0.15) is 26.5 Å². The Morgan fingerprint density at radius 1 is 1.33 bits per heavy atom. The number of hydrogen-bond acceptors (Lipinski definition) is 6. The van der Waals surface area contributed by atoms with Crippen LogP contribution in [-0.4, -0.2) is 21.6 Å². The number of benzene rings is 1. The summed E-state index contributed by atoms with van der Waals surface area (Å²) >= 11 is 7.96. The van der Waals surface area contributed by atoms with Gasteiger partial charge in [-0.2, -0.15) is 0 Å². The number of hydrogen-bond donors (Lipinski definition) is 1. The Morgan fingerprint density at radius 3 is 2.83 bits per heavy atom. The van der Waals surface area contributed by atoms with Gasteiger partial charge in [0, 0.05) is 15.3 Å². The highest BCUT2D eigenvalue weighted by atomic mass is 79.9. The highest BCUT2D eigenvalue weighted by molar-refractivity contribution is 9.10. The fourth-order valence-corrected chi connectivity index (χ4v) is 5.19. The van der Waals surface area contributed by atoms with Crippen molar-refractivity contribution < 1.29 is 4.79 Å². The molecule has 3 rings (SSSR count). The van der Waals surface area contributed by atoms with Crippen LogP contribution in [-0.2, 0) is 10.2 Å².